The Kier molecular flexibility index (Phi) is 3.16. The van der Waals surface area contributed by atoms with Gasteiger partial charge >= 0.3 is 5.97 Å². The summed E-state index contributed by atoms with van der Waals surface area (Å²) in [4.78, 5) is 12.3. The summed E-state index contributed by atoms with van der Waals surface area (Å²) < 4.78 is 10.2. The summed E-state index contributed by atoms with van der Waals surface area (Å²) in [5, 5.41) is 0. The molecule has 0 fully saturated rings. The maximum Gasteiger partial charge on any atom is 0.337 e. The van der Waals surface area contributed by atoms with Crippen LogP contribution in [0.3, 0.4) is 0 Å². The average Bonchev–Trinajstić information content (AvgIpc) is 2.51. The normalized spacial score (nSPS) is 14.7. The van der Waals surface area contributed by atoms with Crippen molar-refractivity contribution in [3.8, 4) is 5.75 Å². The van der Waals surface area contributed by atoms with E-state index in [0.29, 0.717) is 5.56 Å². The topological polar surface area (TPSA) is 35.5 Å². The first-order chi connectivity index (χ1) is 7.31. The van der Waals surface area contributed by atoms with Gasteiger partial charge in [-0.2, -0.15) is 0 Å². The van der Waals surface area contributed by atoms with E-state index in [2.05, 4.69) is 4.74 Å². The Morgan fingerprint density at radius 1 is 1.53 bits per heavy atom. The van der Waals surface area contributed by atoms with Gasteiger partial charge in [0, 0.05) is 5.75 Å². The van der Waals surface area contributed by atoms with Crippen LogP contribution < -0.4 is 4.74 Å². The molecule has 15 heavy (non-hydrogen) atoms. The third kappa shape index (κ3) is 2.26. The molecule has 1 aromatic carbocycles. The van der Waals surface area contributed by atoms with Crippen LogP contribution in [0, 0.1) is 0 Å². The van der Waals surface area contributed by atoms with Gasteiger partial charge in [0.15, 0.2) is 0 Å². The van der Waals surface area contributed by atoms with Crippen molar-refractivity contribution in [2.24, 2.45) is 0 Å². The molecule has 0 radical (unpaired) electrons. The molecule has 0 aromatic heterocycles. The Bertz CT molecular complexity index is 376. The minimum Gasteiger partial charge on any atom is -0.492 e. The summed E-state index contributed by atoms with van der Waals surface area (Å²) >= 11 is 1.72. The molecule has 0 saturated heterocycles. The molecular weight excluding hydrogens is 212 g/mol. The van der Waals surface area contributed by atoms with E-state index < -0.39 is 0 Å². The number of methoxy groups -OCH3 is 1. The lowest BCUT2D eigenvalue weighted by Crippen LogP contribution is -2.01. The van der Waals surface area contributed by atoms with Crippen molar-refractivity contribution in [3.63, 3.8) is 0 Å². The van der Waals surface area contributed by atoms with E-state index in [1.165, 1.54) is 7.11 Å². The summed E-state index contributed by atoms with van der Waals surface area (Å²) in [6.07, 6.45) is 1.03. The van der Waals surface area contributed by atoms with Crippen LogP contribution in [-0.2, 0) is 4.74 Å². The highest BCUT2D eigenvalue weighted by Gasteiger charge is 2.13. The molecule has 1 aromatic rings. The maximum atomic E-state index is 11.3. The van der Waals surface area contributed by atoms with Crippen LogP contribution in [0.1, 0.15) is 16.8 Å². The van der Waals surface area contributed by atoms with E-state index in [1.807, 2.05) is 12.1 Å². The van der Waals surface area contributed by atoms with E-state index in [9.17, 15) is 4.79 Å². The molecule has 1 aliphatic rings. The molecule has 3 nitrogen and oxygen atoms in total. The molecule has 0 aliphatic carbocycles. The number of ether oxygens (including phenoxy) is 2. The summed E-state index contributed by atoms with van der Waals surface area (Å²) in [6, 6.07) is 5.40. The van der Waals surface area contributed by atoms with Crippen molar-refractivity contribution < 1.29 is 14.3 Å². The average molecular weight is 224 g/mol. The fourth-order valence-corrected chi connectivity index (χ4v) is 2.37. The number of hydrogen-bond donors (Lipinski definition) is 0. The molecule has 0 N–H and O–H groups in total. The van der Waals surface area contributed by atoms with Gasteiger partial charge in [0.1, 0.15) is 5.75 Å². The zero-order chi connectivity index (χ0) is 10.7. The monoisotopic (exact) mass is 224 g/mol. The number of esters is 1. The Morgan fingerprint density at radius 2 is 2.40 bits per heavy atom. The van der Waals surface area contributed by atoms with Crippen molar-refractivity contribution in [2.45, 2.75) is 11.3 Å². The molecule has 1 aliphatic heterocycles. The highest BCUT2D eigenvalue weighted by atomic mass is 32.2. The minimum atomic E-state index is -0.303. The van der Waals surface area contributed by atoms with Crippen LogP contribution in [0.15, 0.2) is 23.1 Å². The van der Waals surface area contributed by atoms with Crippen LogP contribution in [0.4, 0.5) is 0 Å². The van der Waals surface area contributed by atoms with Gasteiger partial charge in [-0.3, -0.25) is 0 Å². The van der Waals surface area contributed by atoms with E-state index in [1.54, 1.807) is 17.8 Å². The molecule has 1 heterocycles. The second-order valence-corrected chi connectivity index (χ2v) is 4.34. The Hall–Kier alpha value is -1.16. The quantitative estimate of drug-likeness (QED) is 0.686. The Morgan fingerprint density at radius 3 is 3.20 bits per heavy atom. The maximum absolute atomic E-state index is 11.3. The second-order valence-electron chi connectivity index (χ2n) is 3.20. The number of rotatable bonds is 1. The smallest absolute Gasteiger partial charge is 0.337 e. The number of carbonyl (C=O) groups is 1. The minimum absolute atomic E-state index is 0.303. The number of fused-ring (bicyclic) bond motifs is 1. The number of benzene rings is 1. The number of thioether (sulfide) groups is 1. The van der Waals surface area contributed by atoms with Crippen LogP contribution in [-0.4, -0.2) is 25.4 Å². The zero-order valence-electron chi connectivity index (χ0n) is 8.49. The van der Waals surface area contributed by atoms with Gasteiger partial charge in [-0.25, -0.2) is 4.79 Å². The van der Waals surface area contributed by atoms with Gasteiger partial charge in [0.2, 0.25) is 0 Å². The number of carbonyl (C=O) groups excluding carboxylic acids is 1. The zero-order valence-corrected chi connectivity index (χ0v) is 9.30. The SMILES string of the molecule is COC(=O)c1ccc2c(c1)SCCCO2. The van der Waals surface area contributed by atoms with Crippen LogP contribution in [0.2, 0.25) is 0 Å². The number of hydrogen-bond acceptors (Lipinski definition) is 4. The first-order valence-corrected chi connectivity index (χ1v) is 5.78. The van der Waals surface area contributed by atoms with Gasteiger partial charge < -0.3 is 9.47 Å². The third-order valence-corrected chi connectivity index (χ3v) is 3.29. The van der Waals surface area contributed by atoms with Gasteiger partial charge in [0.05, 0.1) is 24.2 Å². The molecule has 80 valence electrons. The third-order valence-electron chi connectivity index (χ3n) is 2.17. The fourth-order valence-electron chi connectivity index (χ4n) is 1.41. The molecule has 0 amide bonds. The first kappa shape index (κ1) is 10.4. The molecule has 0 bridgehead atoms. The van der Waals surface area contributed by atoms with Crippen molar-refractivity contribution in [1.82, 2.24) is 0 Å². The molecule has 0 unspecified atom stereocenters. The van der Waals surface area contributed by atoms with Crippen molar-refractivity contribution in [1.29, 1.82) is 0 Å². The second kappa shape index (κ2) is 4.57. The van der Waals surface area contributed by atoms with Gasteiger partial charge in [-0.05, 0) is 24.6 Å². The predicted octanol–water partition coefficient (Wildman–Crippen LogP) is 2.35. The lowest BCUT2D eigenvalue weighted by molar-refractivity contribution is 0.0600. The first-order valence-electron chi connectivity index (χ1n) is 4.79. The van der Waals surface area contributed by atoms with E-state index in [-0.39, 0.29) is 5.97 Å². The standard InChI is InChI=1S/C11H12O3S/c1-13-11(12)8-3-4-9-10(7-8)15-6-2-5-14-9/h3-4,7H,2,5-6H2,1H3. The van der Waals surface area contributed by atoms with Gasteiger partial charge in [-0.1, -0.05) is 0 Å². The summed E-state index contributed by atoms with van der Waals surface area (Å²) in [7, 11) is 1.39. The van der Waals surface area contributed by atoms with Crippen molar-refractivity contribution in [3.05, 3.63) is 23.8 Å². The molecule has 4 heteroatoms. The summed E-state index contributed by atoms with van der Waals surface area (Å²) in [5.74, 6) is 1.59. The predicted molar refractivity (Wildman–Crippen MR) is 58.6 cm³/mol. The van der Waals surface area contributed by atoms with Gasteiger partial charge in [-0.15, -0.1) is 11.8 Å². The van der Waals surface area contributed by atoms with Crippen LogP contribution in [0.25, 0.3) is 0 Å². The molecule has 2 rings (SSSR count). The summed E-state index contributed by atoms with van der Waals surface area (Å²) in [6.45, 7) is 0.748. The molecule has 0 spiro atoms. The lowest BCUT2D eigenvalue weighted by atomic mass is 10.2. The van der Waals surface area contributed by atoms with Gasteiger partial charge in [0.25, 0.3) is 0 Å². The van der Waals surface area contributed by atoms with Crippen LogP contribution in [0.5, 0.6) is 5.75 Å². The Labute approximate surface area is 92.8 Å². The lowest BCUT2D eigenvalue weighted by Gasteiger charge is -2.07. The molecule has 0 saturated carbocycles. The molecule has 0 atom stereocenters. The highest BCUT2D eigenvalue weighted by Crippen LogP contribution is 2.33. The Balaban J connectivity index is 2.31. The van der Waals surface area contributed by atoms with E-state index in [0.717, 1.165) is 29.4 Å². The van der Waals surface area contributed by atoms with E-state index >= 15 is 0 Å². The largest absolute Gasteiger partial charge is 0.492 e. The van der Waals surface area contributed by atoms with Crippen molar-refractivity contribution in [2.75, 3.05) is 19.5 Å². The van der Waals surface area contributed by atoms with E-state index in [4.69, 9.17) is 4.74 Å². The summed E-state index contributed by atoms with van der Waals surface area (Å²) in [5.41, 5.74) is 0.578. The van der Waals surface area contributed by atoms with Crippen LogP contribution >= 0.6 is 11.8 Å². The highest BCUT2D eigenvalue weighted by molar-refractivity contribution is 7.99. The fraction of sp³-hybridized carbons (Fsp3) is 0.364. The van der Waals surface area contributed by atoms with Crippen molar-refractivity contribution >= 4 is 17.7 Å². The molecular formula is C11H12O3S.